The third-order valence-electron chi connectivity index (χ3n) is 4.87. The van der Waals surface area contributed by atoms with E-state index in [2.05, 4.69) is 40.5 Å². The number of hydrogen-bond donors (Lipinski definition) is 1. The molecule has 1 aliphatic carbocycles. The van der Waals surface area contributed by atoms with Crippen molar-refractivity contribution in [1.29, 1.82) is 0 Å². The minimum atomic E-state index is 0.161. The van der Waals surface area contributed by atoms with E-state index in [1.54, 1.807) is 0 Å². The van der Waals surface area contributed by atoms with Crippen molar-refractivity contribution in [3.63, 3.8) is 0 Å². The molecule has 1 aromatic rings. The Bertz CT molecular complexity index is 411. The van der Waals surface area contributed by atoms with Gasteiger partial charge in [0.25, 0.3) is 0 Å². The molecule has 1 N–H and O–H groups in total. The van der Waals surface area contributed by atoms with Crippen molar-refractivity contribution in [2.45, 2.75) is 37.3 Å². The zero-order valence-corrected chi connectivity index (χ0v) is 12.5. The van der Waals surface area contributed by atoms with E-state index in [-0.39, 0.29) is 5.60 Å². The topological polar surface area (TPSA) is 24.5 Å². The molecule has 1 unspecified atom stereocenters. The highest BCUT2D eigenvalue weighted by atomic mass is 16.5. The molecule has 20 heavy (non-hydrogen) atoms. The number of piperazine rings is 1. The van der Waals surface area contributed by atoms with Gasteiger partial charge in [-0.2, -0.15) is 0 Å². The van der Waals surface area contributed by atoms with Gasteiger partial charge in [0.15, 0.2) is 0 Å². The summed E-state index contributed by atoms with van der Waals surface area (Å²) in [7, 11) is 1.88. The molecule has 1 aromatic carbocycles. The second kappa shape index (κ2) is 6.25. The van der Waals surface area contributed by atoms with Gasteiger partial charge in [0.05, 0.1) is 5.60 Å². The number of hydrogen-bond acceptors (Lipinski definition) is 3. The fourth-order valence-electron chi connectivity index (χ4n) is 3.48. The van der Waals surface area contributed by atoms with Gasteiger partial charge in [-0.25, -0.2) is 0 Å². The van der Waals surface area contributed by atoms with Crippen LogP contribution in [0.4, 0.5) is 0 Å². The van der Waals surface area contributed by atoms with Crippen LogP contribution in [0.5, 0.6) is 0 Å². The smallest absolute Gasteiger partial charge is 0.0805 e. The van der Waals surface area contributed by atoms with E-state index >= 15 is 0 Å². The van der Waals surface area contributed by atoms with Crippen molar-refractivity contribution in [2.75, 3.05) is 33.3 Å². The van der Waals surface area contributed by atoms with Crippen molar-refractivity contribution in [3.8, 4) is 0 Å². The van der Waals surface area contributed by atoms with Gasteiger partial charge in [-0.15, -0.1) is 0 Å². The van der Waals surface area contributed by atoms with Crippen molar-refractivity contribution in [3.05, 3.63) is 35.9 Å². The number of methoxy groups -OCH3 is 1. The first-order chi connectivity index (χ1) is 9.80. The van der Waals surface area contributed by atoms with E-state index in [4.69, 9.17) is 4.74 Å². The standard InChI is InChI=1S/C17H26N2O/c1-20-17(8-5-9-17)14-19-11-10-18-16(13-19)12-15-6-3-2-4-7-15/h2-4,6-7,16,18H,5,8-14H2,1H3. The molecule has 3 heteroatoms. The Labute approximate surface area is 122 Å². The van der Waals surface area contributed by atoms with E-state index in [0.717, 1.165) is 32.6 Å². The van der Waals surface area contributed by atoms with Gasteiger partial charge in [0.2, 0.25) is 0 Å². The Kier molecular flexibility index (Phi) is 4.39. The Hall–Kier alpha value is -0.900. The zero-order valence-electron chi connectivity index (χ0n) is 12.5. The molecule has 110 valence electrons. The summed E-state index contributed by atoms with van der Waals surface area (Å²) < 4.78 is 5.77. The Balaban J connectivity index is 1.54. The highest BCUT2D eigenvalue weighted by Crippen LogP contribution is 2.35. The van der Waals surface area contributed by atoms with E-state index in [9.17, 15) is 0 Å². The van der Waals surface area contributed by atoms with Crippen LogP contribution in [-0.2, 0) is 11.2 Å². The maximum atomic E-state index is 5.77. The van der Waals surface area contributed by atoms with Gasteiger partial charge in [-0.1, -0.05) is 30.3 Å². The number of nitrogens with zero attached hydrogens (tertiary/aromatic N) is 1. The van der Waals surface area contributed by atoms with Crippen molar-refractivity contribution < 1.29 is 4.74 Å². The normalized spacial score (nSPS) is 26.1. The highest BCUT2D eigenvalue weighted by Gasteiger charge is 2.39. The van der Waals surface area contributed by atoms with Gasteiger partial charge in [0, 0.05) is 39.3 Å². The van der Waals surface area contributed by atoms with Crippen LogP contribution in [0.2, 0.25) is 0 Å². The molecule has 2 aliphatic rings. The summed E-state index contributed by atoms with van der Waals surface area (Å²) in [5, 5.41) is 3.65. The van der Waals surface area contributed by atoms with Gasteiger partial charge in [-0.05, 0) is 31.2 Å². The molecule has 0 bridgehead atoms. The van der Waals surface area contributed by atoms with Crippen LogP contribution >= 0.6 is 0 Å². The fraction of sp³-hybridized carbons (Fsp3) is 0.647. The third kappa shape index (κ3) is 3.22. The average Bonchev–Trinajstić information content (AvgIpc) is 2.44. The summed E-state index contributed by atoms with van der Waals surface area (Å²) in [5.74, 6) is 0. The molecule has 1 saturated carbocycles. The molecule has 1 saturated heterocycles. The maximum absolute atomic E-state index is 5.77. The van der Waals surface area contributed by atoms with Gasteiger partial charge < -0.3 is 10.1 Å². The first kappa shape index (κ1) is 14.1. The Morgan fingerprint density at radius 2 is 2.10 bits per heavy atom. The molecule has 0 spiro atoms. The molecule has 0 radical (unpaired) electrons. The summed E-state index contributed by atoms with van der Waals surface area (Å²) in [6, 6.07) is 11.4. The summed E-state index contributed by atoms with van der Waals surface area (Å²) in [4.78, 5) is 2.59. The molecule has 3 rings (SSSR count). The van der Waals surface area contributed by atoms with E-state index in [1.807, 2.05) is 7.11 Å². The second-order valence-corrected chi connectivity index (χ2v) is 6.32. The molecule has 0 aromatic heterocycles. The van der Waals surface area contributed by atoms with Crippen LogP contribution in [0.25, 0.3) is 0 Å². The monoisotopic (exact) mass is 274 g/mol. The predicted octanol–water partition coefficient (Wildman–Crippen LogP) is 2.07. The average molecular weight is 274 g/mol. The lowest BCUT2D eigenvalue weighted by molar-refractivity contribution is -0.0941. The quantitative estimate of drug-likeness (QED) is 0.889. The molecule has 1 heterocycles. The SMILES string of the molecule is COC1(CN2CCNC(Cc3ccccc3)C2)CCC1. The van der Waals surface area contributed by atoms with Crippen LogP contribution < -0.4 is 5.32 Å². The van der Waals surface area contributed by atoms with Crippen molar-refractivity contribution in [1.82, 2.24) is 10.2 Å². The molecule has 3 nitrogen and oxygen atoms in total. The first-order valence-electron chi connectivity index (χ1n) is 7.84. The van der Waals surface area contributed by atoms with Crippen molar-refractivity contribution in [2.24, 2.45) is 0 Å². The number of nitrogens with one attached hydrogen (secondary N) is 1. The molecule has 2 fully saturated rings. The maximum Gasteiger partial charge on any atom is 0.0805 e. The van der Waals surface area contributed by atoms with Gasteiger partial charge in [0.1, 0.15) is 0 Å². The molecular formula is C17H26N2O. The lowest BCUT2D eigenvalue weighted by atomic mass is 9.79. The lowest BCUT2D eigenvalue weighted by Crippen LogP contribution is -2.57. The van der Waals surface area contributed by atoms with Crippen LogP contribution in [-0.4, -0.2) is 49.8 Å². The minimum absolute atomic E-state index is 0.161. The molecular weight excluding hydrogens is 248 g/mol. The lowest BCUT2D eigenvalue weighted by Gasteiger charge is -2.46. The zero-order chi connectivity index (χ0) is 13.8. The van der Waals surface area contributed by atoms with Crippen molar-refractivity contribution >= 4 is 0 Å². The first-order valence-corrected chi connectivity index (χ1v) is 7.84. The Morgan fingerprint density at radius 1 is 1.30 bits per heavy atom. The second-order valence-electron chi connectivity index (χ2n) is 6.32. The predicted molar refractivity (Wildman–Crippen MR) is 82.0 cm³/mol. The van der Waals surface area contributed by atoms with Crippen LogP contribution in [0, 0.1) is 0 Å². The fourth-order valence-corrected chi connectivity index (χ4v) is 3.48. The summed E-state index contributed by atoms with van der Waals surface area (Å²) in [6.45, 7) is 4.49. The highest BCUT2D eigenvalue weighted by molar-refractivity contribution is 5.16. The van der Waals surface area contributed by atoms with Crippen LogP contribution in [0.1, 0.15) is 24.8 Å². The molecule has 0 amide bonds. The summed E-state index contributed by atoms with van der Waals surface area (Å²) >= 11 is 0. The van der Waals surface area contributed by atoms with Crippen LogP contribution in [0.15, 0.2) is 30.3 Å². The largest absolute Gasteiger partial charge is 0.377 e. The minimum Gasteiger partial charge on any atom is -0.377 e. The van der Waals surface area contributed by atoms with Gasteiger partial charge in [-0.3, -0.25) is 4.90 Å². The van der Waals surface area contributed by atoms with Gasteiger partial charge >= 0.3 is 0 Å². The summed E-state index contributed by atoms with van der Waals surface area (Å²) in [5.41, 5.74) is 1.59. The van der Waals surface area contributed by atoms with Crippen LogP contribution in [0.3, 0.4) is 0 Å². The van der Waals surface area contributed by atoms with E-state index in [1.165, 1.54) is 24.8 Å². The number of benzene rings is 1. The Morgan fingerprint density at radius 3 is 2.75 bits per heavy atom. The third-order valence-corrected chi connectivity index (χ3v) is 4.87. The summed E-state index contributed by atoms with van der Waals surface area (Å²) in [6.07, 6.45) is 4.91. The number of rotatable bonds is 5. The number of ether oxygens (including phenoxy) is 1. The molecule has 1 atom stereocenters. The van der Waals surface area contributed by atoms with E-state index < -0.39 is 0 Å². The van der Waals surface area contributed by atoms with E-state index in [0.29, 0.717) is 6.04 Å². The molecule has 1 aliphatic heterocycles.